The Hall–Kier alpha value is -2.40. The Morgan fingerprint density at radius 2 is 1.85 bits per heavy atom. The summed E-state index contributed by atoms with van der Waals surface area (Å²) in [5, 5.41) is 0. The highest BCUT2D eigenvalue weighted by atomic mass is 19.1. The predicted octanol–water partition coefficient (Wildman–Crippen LogP) is 3.01. The highest BCUT2D eigenvalue weighted by Gasteiger charge is 2.30. The van der Waals surface area contributed by atoms with Crippen molar-refractivity contribution in [3.05, 3.63) is 66.0 Å². The number of carbonyl (C=O) groups excluding carboxylic acids is 1. The summed E-state index contributed by atoms with van der Waals surface area (Å²) in [6.45, 7) is 2.09. The van der Waals surface area contributed by atoms with Crippen molar-refractivity contribution in [2.45, 2.75) is 25.3 Å². The van der Waals surface area contributed by atoms with E-state index in [1.54, 1.807) is 18.2 Å². The van der Waals surface area contributed by atoms with E-state index in [0.29, 0.717) is 37.4 Å². The van der Waals surface area contributed by atoms with Gasteiger partial charge in [-0.25, -0.2) is 4.39 Å². The topological polar surface area (TPSA) is 55.6 Å². The van der Waals surface area contributed by atoms with Gasteiger partial charge in [-0.3, -0.25) is 4.79 Å². The molecule has 0 spiro atoms. The number of rotatable bonds is 8. The number of ether oxygens (including phenoxy) is 1. The molecule has 2 aromatic carbocycles. The summed E-state index contributed by atoms with van der Waals surface area (Å²) < 4.78 is 19.4. The summed E-state index contributed by atoms with van der Waals surface area (Å²) >= 11 is 0. The molecule has 1 heterocycles. The zero-order chi connectivity index (χ0) is 18.4. The molecule has 1 atom stereocenters. The maximum Gasteiger partial charge on any atom is 0.222 e. The molecule has 3 rings (SSSR count). The van der Waals surface area contributed by atoms with E-state index in [1.165, 1.54) is 6.07 Å². The molecule has 1 fully saturated rings. The quantitative estimate of drug-likeness (QED) is 0.791. The van der Waals surface area contributed by atoms with Crippen molar-refractivity contribution in [3.63, 3.8) is 0 Å². The van der Waals surface area contributed by atoms with Crippen LogP contribution in [0.4, 0.5) is 4.39 Å². The Labute approximate surface area is 153 Å². The van der Waals surface area contributed by atoms with Crippen molar-refractivity contribution in [2.75, 3.05) is 19.7 Å². The van der Waals surface area contributed by atoms with Gasteiger partial charge in [0.15, 0.2) is 0 Å². The second-order valence-electron chi connectivity index (χ2n) is 6.88. The van der Waals surface area contributed by atoms with E-state index < -0.39 is 0 Å². The minimum absolute atomic E-state index is 0.116. The van der Waals surface area contributed by atoms with Crippen molar-refractivity contribution < 1.29 is 13.9 Å². The number of nitrogens with two attached hydrogens (primary N) is 1. The molecule has 1 saturated heterocycles. The number of amides is 1. The number of benzene rings is 2. The Bertz CT molecular complexity index is 717. The first kappa shape index (κ1) is 18.4. The van der Waals surface area contributed by atoms with E-state index >= 15 is 0 Å². The van der Waals surface area contributed by atoms with Gasteiger partial charge in [0, 0.05) is 31.5 Å². The lowest BCUT2D eigenvalue weighted by Gasteiger charge is -2.39. The van der Waals surface area contributed by atoms with Gasteiger partial charge in [-0.2, -0.15) is 0 Å². The number of carbonyl (C=O) groups is 1. The largest absolute Gasteiger partial charge is 0.493 e. The first-order chi connectivity index (χ1) is 12.6. The molecule has 0 bridgehead atoms. The van der Waals surface area contributed by atoms with Crippen LogP contribution in [0.1, 0.15) is 18.4 Å². The molecule has 0 saturated carbocycles. The molecule has 1 unspecified atom stereocenters. The van der Waals surface area contributed by atoms with E-state index in [-0.39, 0.29) is 17.8 Å². The average molecular weight is 356 g/mol. The minimum atomic E-state index is -0.238. The van der Waals surface area contributed by atoms with Crippen molar-refractivity contribution >= 4 is 5.91 Å². The lowest BCUT2D eigenvalue weighted by Crippen LogP contribution is -2.52. The van der Waals surface area contributed by atoms with Crippen LogP contribution in [-0.2, 0) is 11.2 Å². The van der Waals surface area contributed by atoms with Gasteiger partial charge in [0.1, 0.15) is 11.6 Å². The van der Waals surface area contributed by atoms with Gasteiger partial charge in [-0.1, -0.05) is 36.4 Å². The van der Waals surface area contributed by atoms with Crippen LogP contribution >= 0.6 is 0 Å². The fraction of sp³-hybridized carbons (Fsp3) is 0.381. The summed E-state index contributed by atoms with van der Waals surface area (Å²) in [7, 11) is 0. The monoisotopic (exact) mass is 356 g/mol. The highest BCUT2D eigenvalue weighted by Crippen LogP contribution is 2.20. The van der Waals surface area contributed by atoms with Crippen molar-refractivity contribution in [1.29, 1.82) is 0 Å². The van der Waals surface area contributed by atoms with E-state index in [4.69, 9.17) is 10.5 Å². The van der Waals surface area contributed by atoms with Crippen LogP contribution in [0.25, 0.3) is 0 Å². The van der Waals surface area contributed by atoms with Crippen LogP contribution in [0, 0.1) is 11.7 Å². The van der Waals surface area contributed by atoms with Crippen molar-refractivity contribution in [3.8, 4) is 5.75 Å². The smallest absolute Gasteiger partial charge is 0.222 e. The summed E-state index contributed by atoms with van der Waals surface area (Å²) in [5.74, 6) is 1.12. The minimum Gasteiger partial charge on any atom is -0.493 e. The maximum atomic E-state index is 13.6. The summed E-state index contributed by atoms with van der Waals surface area (Å²) in [5.41, 5.74) is 6.67. The second-order valence-corrected chi connectivity index (χ2v) is 6.88. The highest BCUT2D eigenvalue weighted by molar-refractivity contribution is 5.77. The predicted molar refractivity (Wildman–Crippen MR) is 99.3 cm³/mol. The van der Waals surface area contributed by atoms with E-state index in [0.717, 1.165) is 18.8 Å². The van der Waals surface area contributed by atoms with E-state index in [9.17, 15) is 9.18 Å². The number of halogens is 1. The fourth-order valence-corrected chi connectivity index (χ4v) is 3.13. The molecule has 138 valence electrons. The van der Waals surface area contributed by atoms with Crippen LogP contribution < -0.4 is 10.5 Å². The zero-order valence-electron chi connectivity index (χ0n) is 14.8. The molecule has 2 aromatic rings. The number of likely N-dealkylation sites (tertiary alicyclic amines) is 1. The summed E-state index contributed by atoms with van der Waals surface area (Å²) in [6, 6.07) is 16.1. The van der Waals surface area contributed by atoms with Gasteiger partial charge in [-0.05, 0) is 36.6 Å². The van der Waals surface area contributed by atoms with Gasteiger partial charge < -0.3 is 15.4 Å². The SMILES string of the molecule is NC(CCC(=O)N1CC(COc2ccccc2)C1)Cc1ccccc1F. The molecule has 1 aliphatic heterocycles. The number of hydrogen-bond donors (Lipinski definition) is 1. The van der Waals surface area contributed by atoms with Gasteiger partial charge in [-0.15, -0.1) is 0 Å². The third-order valence-corrected chi connectivity index (χ3v) is 4.71. The zero-order valence-corrected chi connectivity index (χ0v) is 14.8. The molecular formula is C21H25FN2O2. The molecular weight excluding hydrogens is 331 g/mol. The van der Waals surface area contributed by atoms with Crippen LogP contribution in [0.3, 0.4) is 0 Å². The van der Waals surface area contributed by atoms with Crippen LogP contribution in [-0.4, -0.2) is 36.5 Å². The van der Waals surface area contributed by atoms with Gasteiger partial charge >= 0.3 is 0 Å². The number of hydrogen-bond acceptors (Lipinski definition) is 3. The average Bonchev–Trinajstić information content (AvgIpc) is 2.61. The first-order valence-corrected chi connectivity index (χ1v) is 9.06. The molecule has 1 amide bonds. The van der Waals surface area contributed by atoms with Gasteiger partial charge in [0.2, 0.25) is 5.91 Å². The van der Waals surface area contributed by atoms with Crippen LogP contribution in [0.15, 0.2) is 54.6 Å². The Morgan fingerprint density at radius 1 is 1.15 bits per heavy atom. The molecule has 2 N–H and O–H groups in total. The van der Waals surface area contributed by atoms with Gasteiger partial charge in [0.05, 0.1) is 6.61 Å². The molecule has 0 aliphatic carbocycles. The Balaban J connectivity index is 1.33. The molecule has 5 heteroatoms. The summed E-state index contributed by atoms with van der Waals surface area (Å²) in [6.07, 6.45) is 1.42. The third kappa shape index (κ3) is 5.05. The maximum absolute atomic E-state index is 13.6. The molecule has 0 radical (unpaired) electrons. The van der Waals surface area contributed by atoms with Crippen LogP contribution in [0.5, 0.6) is 5.75 Å². The van der Waals surface area contributed by atoms with E-state index in [2.05, 4.69) is 0 Å². The van der Waals surface area contributed by atoms with Crippen LogP contribution in [0.2, 0.25) is 0 Å². The van der Waals surface area contributed by atoms with Crippen molar-refractivity contribution in [2.24, 2.45) is 11.7 Å². The third-order valence-electron chi connectivity index (χ3n) is 4.71. The van der Waals surface area contributed by atoms with Crippen molar-refractivity contribution in [1.82, 2.24) is 4.90 Å². The summed E-state index contributed by atoms with van der Waals surface area (Å²) in [4.78, 5) is 14.1. The lowest BCUT2D eigenvalue weighted by atomic mass is 9.98. The first-order valence-electron chi connectivity index (χ1n) is 9.06. The number of para-hydroxylation sites is 1. The molecule has 1 aliphatic rings. The standard InChI is InChI=1S/C21H25FN2O2/c22-20-9-5-4-6-17(20)12-18(23)10-11-21(25)24-13-16(14-24)15-26-19-7-2-1-3-8-19/h1-9,16,18H,10-15,23H2. The van der Waals surface area contributed by atoms with E-state index in [1.807, 2.05) is 35.2 Å². The Kier molecular flexibility index (Phi) is 6.23. The lowest BCUT2D eigenvalue weighted by molar-refractivity contribution is -0.138. The Morgan fingerprint density at radius 3 is 2.58 bits per heavy atom. The number of nitrogens with zero attached hydrogens (tertiary/aromatic N) is 1. The van der Waals surface area contributed by atoms with Gasteiger partial charge in [0.25, 0.3) is 0 Å². The molecule has 4 nitrogen and oxygen atoms in total. The normalized spacial score (nSPS) is 15.4. The molecule has 26 heavy (non-hydrogen) atoms. The molecule has 0 aromatic heterocycles. The second kappa shape index (κ2) is 8.81. The fourth-order valence-electron chi connectivity index (χ4n) is 3.13.